The molecular formula is C18H48NO3Si4+. The molecule has 0 fully saturated rings. The van der Waals surface area contributed by atoms with Crippen molar-refractivity contribution >= 4 is 33.8 Å². The van der Waals surface area contributed by atoms with E-state index < -0.39 is 33.8 Å². The molecule has 0 rings (SSSR count). The third-order valence-corrected chi connectivity index (χ3v) is 15.8. The van der Waals surface area contributed by atoms with E-state index in [2.05, 4.69) is 79.9 Å². The molecule has 26 heavy (non-hydrogen) atoms. The Hall–Kier alpha value is 0.708. The van der Waals surface area contributed by atoms with Gasteiger partial charge in [-0.15, -0.1) is 0 Å². The van der Waals surface area contributed by atoms with E-state index >= 15 is 0 Å². The fourth-order valence-electron chi connectivity index (χ4n) is 3.04. The molecule has 0 unspecified atom stereocenters. The van der Waals surface area contributed by atoms with Crippen molar-refractivity contribution in [3.8, 4) is 0 Å². The third kappa shape index (κ3) is 13.8. The van der Waals surface area contributed by atoms with Gasteiger partial charge in [0.15, 0.2) is 25.0 Å². The standard InChI is InChI=1S/C18H48NO3Si4/c1-13-14-16-19(2,3)17-15-18-26(20-23(4,5)6,21-24(7,8)9)22-25(10,11)12/h13-18H2,1-12H3/q+1. The second-order valence-corrected chi connectivity index (χ2v) is 28.2. The van der Waals surface area contributed by atoms with Crippen molar-refractivity contribution in [2.75, 3.05) is 27.2 Å². The Morgan fingerprint density at radius 3 is 1.27 bits per heavy atom. The van der Waals surface area contributed by atoms with Crippen molar-refractivity contribution in [3.63, 3.8) is 0 Å². The molecule has 0 saturated carbocycles. The minimum atomic E-state index is -2.66. The van der Waals surface area contributed by atoms with Gasteiger partial charge in [-0.25, -0.2) is 0 Å². The average molecular weight is 439 g/mol. The monoisotopic (exact) mass is 438 g/mol. The van der Waals surface area contributed by atoms with E-state index in [0.29, 0.717) is 0 Å². The number of hydrogen-bond donors (Lipinski definition) is 0. The maximum Gasteiger partial charge on any atom is 0.469 e. The molecule has 0 aliphatic rings. The molecule has 0 atom stereocenters. The summed E-state index contributed by atoms with van der Waals surface area (Å²) in [5.74, 6) is 0. The van der Waals surface area contributed by atoms with Crippen molar-refractivity contribution in [3.05, 3.63) is 0 Å². The fourth-order valence-corrected chi connectivity index (χ4v) is 17.7. The van der Waals surface area contributed by atoms with Crippen LogP contribution in [0.4, 0.5) is 0 Å². The van der Waals surface area contributed by atoms with E-state index in [1.807, 2.05) is 0 Å². The predicted molar refractivity (Wildman–Crippen MR) is 125 cm³/mol. The van der Waals surface area contributed by atoms with Gasteiger partial charge in [-0.2, -0.15) is 0 Å². The first-order valence-corrected chi connectivity index (χ1v) is 22.5. The third-order valence-electron chi connectivity index (χ3n) is 3.75. The molecule has 0 amide bonds. The molecule has 0 aromatic heterocycles. The highest BCUT2D eigenvalue weighted by atomic mass is 28.5. The molecule has 8 heteroatoms. The van der Waals surface area contributed by atoms with Gasteiger partial charge in [0.25, 0.3) is 0 Å². The van der Waals surface area contributed by atoms with Crippen LogP contribution in [0.1, 0.15) is 26.2 Å². The molecule has 0 aliphatic heterocycles. The summed E-state index contributed by atoms with van der Waals surface area (Å²) in [5.41, 5.74) is 0. The van der Waals surface area contributed by atoms with Crippen LogP contribution < -0.4 is 0 Å². The summed E-state index contributed by atoms with van der Waals surface area (Å²) in [5, 5.41) is 0. The largest absolute Gasteiger partial charge is 0.469 e. The van der Waals surface area contributed by atoms with Gasteiger partial charge in [0.2, 0.25) is 0 Å². The zero-order valence-electron chi connectivity index (χ0n) is 19.9. The Labute approximate surface area is 169 Å². The Morgan fingerprint density at radius 1 is 0.615 bits per heavy atom. The average Bonchev–Trinajstić information content (AvgIpc) is 2.29. The lowest BCUT2D eigenvalue weighted by molar-refractivity contribution is -0.890. The first-order valence-electron chi connectivity index (χ1n) is 10.3. The zero-order chi connectivity index (χ0) is 20.9. The van der Waals surface area contributed by atoms with Crippen molar-refractivity contribution in [1.82, 2.24) is 0 Å². The first-order chi connectivity index (χ1) is 11.4. The summed E-state index contributed by atoms with van der Waals surface area (Å²) in [6.45, 7) is 25.0. The second-order valence-electron chi connectivity index (χ2n) is 11.2. The highest BCUT2D eigenvalue weighted by molar-refractivity contribution is 6.90. The van der Waals surface area contributed by atoms with Gasteiger partial charge in [-0.1, -0.05) is 13.3 Å². The molecule has 0 saturated heterocycles. The van der Waals surface area contributed by atoms with Crippen LogP contribution >= 0.6 is 0 Å². The Kier molecular flexibility index (Phi) is 10.2. The second kappa shape index (κ2) is 9.95. The van der Waals surface area contributed by atoms with Crippen LogP contribution in [-0.4, -0.2) is 65.4 Å². The SMILES string of the molecule is CCCC[N+](C)(C)CCC[Si](O[Si](C)(C)C)(O[Si](C)(C)C)O[Si](C)(C)C. The number of rotatable bonds is 13. The maximum atomic E-state index is 6.77. The van der Waals surface area contributed by atoms with Crippen molar-refractivity contribution in [1.29, 1.82) is 0 Å². The van der Waals surface area contributed by atoms with Gasteiger partial charge in [0, 0.05) is 12.5 Å². The summed E-state index contributed by atoms with van der Waals surface area (Å²) >= 11 is 0. The quantitative estimate of drug-likeness (QED) is 0.271. The Morgan fingerprint density at radius 2 is 0.962 bits per heavy atom. The van der Waals surface area contributed by atoms with Crippen LogP contribution in [-0.2, 0) is 12.3 Å². The van der Waals surface area contributed by atoms with Gasteiger partial charge in [-0.3, -0.25) is 0 Å². The lowest BCUT2D eigenvalue weighted by Gasteiger charge is -2.43. The summed E-state index contributed by atoms with van der Waals surface area (Å²) < 4.78 is 21.4. The molecule has 0 aromatic carbocycles. The number of hydrogen-bond acceptors (Lipinski definition) is 3. The van der Waals surface area contributed by atoms with E-state index in [9.17, 15) is 0 Å². The zero-order valence-corrected chi connectivity index (χ0v) is 23.9. The molecule has 158 valence electrons. The van der Waals surface area contributed by atoms with Gasteiger partial charge in [0.1, 0.15) is 0 Å². The van der Waals surface area contributed by atoms with Crippen LogP contribution in [0, 0.1) is 0 Å². The van der Waals surface area contributed by atoms with Crippen LogP contribution in [0.3, 0.4) is 0 Å². The molecule has 0 N–H and O–H groups in total. The van der Waals surface area contributed by atoms with E-state index in [1.54, 1.807) is 0 Å². The Bertz CT molecular complexity index is 371. The van der Waals surface area contributed by atoms with Gasteiger partial charge < -0.3 is 16.8 Å². The van der Waals surface area contributed by atoms with Gasteiger partial charge in [0.05, 0.1) is 27.2 Å². The fraction of sp³-hybridized carbons (Fsp3) is 1.00. The lowest BCUT2D eigenvalue weighted by atomic mass is 10.3. The van der Waals surface area contributed by atoms with Gasteiger partial charge >= 0.3 is 8.80 Å². The molecule has 0 heterocycles. The summed E-state index contributed by atoms with van der Waals surface area (Å²) in [6.07, 6.45) is 3.66. The molecule has 0 bridgehead atoms. The van der Waals surface area contributed by atoms with Crippen molar-refractivity contribution in [2.45, 2.75) is 91.2 Å². The molecule has 0 spiro atoms. The van der Waals surface area contributed by atoms with Crippen LogP contribution in [0.25, 0.3) is 0 Å². The van der Waals surface area contributed by atoms with Crippen LogP contribution in [0.2, 0.25) is 65.0 Å². The van der Waals surface area contributed by atoms with Crippen LogP contribution in [0.15, 0.2) is 0 Å². The lowest BCUT2D eigenvalue weighted by Crippen LogP contribution is -2.60. The minimum absolute atomic E-state index is 0.958. The topological polar surface area (TPSA) is 27.7 Å². The summed E-state index contributed by atoms with van der Waals surface area (Å²) in [4.78, 5) is 0. The maximum absolute atomic E-state index is 6.77. The molecule has 0 radical (unpaired) electrons. The van der Waals surface area contributed by atoms with E-state index in [0.717, 1.165) is 23.5 Å². The number of unbranched alkanes of at least 4 members (excludes halogenated alkanes) is 1. The summed E-state index contributed by atoms with van der Waals surface area (Å²) in [7, 11) is -3.24. The van der Waals surface area contributed by atoms with Crippen molar-refractivity contribution < 1.29 is 16.8 Å². The highest BCUT2D eigenvalue weighted by Gasteiger charge is 2.49. The molecule has 0 aliphatic carbocycles. The normalized spacial score (nSPS) is 14.8. The Balaban J connectivity index is 5.38. The van der Waals surface area contributed by atoms with Gasteiger partial charge in [-0.05, 0) is 65.3 Å². The number of quaternary nitrogens is 1. The molecular weight excluding hydrogens is 391 g/mol. The smallest absolute Gasteiger partial charge is 0.417 e. The van der Waals surface area contributed by atoms with E-state index in [-0.39, 0.29) is 0 Å². The minimum Gasteiger partial charge on any atom is -0.417 e. The summed E-state index contributed by atoms with van der Waals surface area (Å²) in [6, 6.07) is 0.958. The first kappa shape index (κ1) is 26.7. The predicted octanol–water partition coefficient (Wildman–Crippen LogP) is 5.75. The van der Waals surface area contributed by atoms with E-state index in [4.69, 9.17) is 12.3 Å². The van der Waals surface area contributed by atoms with Crippen molar-refractivity contribution in [2.24, 2.45) is 0 Å². The highest BCUT2D eigenvalue weighted by Crippen LogP contribution is 2.30. The van der Waals surface area contributed by atoms with Crippen LogP contribution in [0.5, 0.6) is 0 Å². The molecule has 0 aromatic rings. The number of nitrogens with zero attached hydrogens (tertiary/aromatic N) is 1. The van der Waals surface area contributed by atoms with E-state index in [1.165, 1.54) is 19.4 Å². The molecule has 4 nitrogen and oxygen atoms in total.